The first-order chi connectivity index (χ1) is 13.5. The van der Waals surface area contributed by atoms with E-state index in [4.69, 9.17) is 21.9 Å². The highest BCUT2D eigenvalue weighted by Crippen LogP contribution is 2.31. The summed E-state index contributed by atoms with van der Waals surface area (Å²) in [4.78, 5) is 17.1. The number of benzene rings is 2. The first-order valence-corrected chi connectivity index (χ1v) is 9.25. The minimum absolute atomic E-state index is 0.0497. The van der Waals surface area contributed by atoms with Gasteiger partial charge in [0, 0.05) is 22.3 Å². The Labute approximate surface area is 167 Å². The largest absolute Gasteiger partial charge is 0.382 e. The lowest BCUT2D eigenvalue weighted by Crippen LogP contribution is -2.01. The third kappa shape index (κ3) is 3.73. The molecule has 28 heavy (non-hydrogen) atoms. The van der Waals surface area contributed by atoms with Crippen molar-refractivity contribution in [3.63, 3.8) is 0 Å². The first kappa shape index (κ1) is 18.1. The summed E-state index contributed by atoms with van der Waals surface area (Å²) in [5.74, 6) is -0.644. The van der Waals surface area contributed by atoms with Crippen LogP contribution in [0, 0.1) is 5.82 Å². The van der Waals surface area contributed by atoms with E-state index in [0.29, 0.717) is 21.5 Å². The molecule has 0 aliphatic heterocycles. The number of nitrogens with zero attached hydrogens (tertiary/aromatic N) is 2. The Morgan fingerprint density at radius 3 is 2.57 bits per heavy atom. The lowest BCUT2D eigenvalue weighted by molar-refractivity contribution is 0.100. The fourth-order valence-corrected chi connectivity index (χ4v) is 3.43. The Morgan fingerprint density at radius 2 is 1.86 bits per heavy atom. The van der Waals surface area contributed by atoms with Crippen LogP contribution in [-0.4, -0.2) is 15.9 Å². The Balaban J connectivity index is 1.56. The van der Waals surface area contributed by atoms with Crippen LogP contribution in [0.25, 0.3) is 11.3 Å². The highest BCUT2D eigenvalue weighted by molar-refractivity contribution is 7.18. The van der Waals surface area contributed by atoms with Crippen molar-refractivity contribution in [2.45, 2.75) is 0 Å². The van der Waals surface area contributed by atoms with E-state index in [1.165, 1.54) is 18.2 Å². The van der Waals surface area contributed by atoms with Crippen LogP contribution in [0.2, 0.25) is 5.02 Å². The third-order valence-corrected chi connectivity index (χ3v) is 5.07. The van der Waals surface area contributed by atoms with Crippen LogP contribution in [0.1, 0.15) is 15.4 Å². The van der Waals surface area contributed by atoms with Gasteiger partial charge in [-0.1, -0.05) is 40.2 Å². The van der Waals surface area contributed by atoms with Gasteiger partial charge in [0.2, 0.25) is 11.5 Å². The molecule has 3 N–H and O–H groups in total. The molecule has 0 bridgehead atoms. The van der Waals surface area contributed by atoms with E-state index in [-0.39, 0.29) is 22.3 Å². The zero-order valence-electron chi connectivity index (χ0n) is 14.1. The van der Waals surface area contributed by atoms with Crippen molar-refractivity contribution >= 4 is 45.4 Å². The van der Waals surface area contributed by atoms with Gasteiger partial charge in [-0.05, 0) is 36.4 Å². The molecule has 2 heterocycles. The van der Waals surface area contributed by atoms with E-state index in [1.54, 1.807) is 36.4 Å². The van der Waals surface area contributed by atoms with Crippen LogP contribution in [0.4, 0.5) is 21.0 Å². The Hall–Kier alpha value is -3.23. The fraction of sp³-hybridized carbons (Fsp3) is 0. The third-order valence-electron chi connectivity index (χ3n) is 3.83. The predicted molar refractivity (Wildman–Crippen MR) is 107 cm³/mol. The number of hydrogen-bond donors (Lipinski definition) is 2. The number of nitrogens with two attached hydrogens (primary N) is 1. The SMILES string of the molecule is Nc1nc(Nc2ccc(F)cc2)sc1C(=O)c1cc(-c2ccc(Cl)cc2)no1. The van der Waals surface area contributed by atoms with Gasteiger partial charge in [-0.2, -0.15) is 0 Å². The van der Waals surface area contributed by atoms with Crippen molar-refractivity contribution in [3.8, 4) is 11.3 Å². The van der Waals surface area contributed by atoms with E-state index in [0.717, 1.165) is 16.9 Å². The highest BCUT2D eigenvalue weighted by Gasteiger charge is 2.22. The molecule has 0 radical (unpaired) electrons. The normalized spacial score (nSPS) is 10.8. The standard InChI is InChI=1S/C19H12ClFN4O2S/c20-11-3-1-10(2-4-11)14-9-15(27-25-14)16(26)17-18(22)24-19(28-17)23-13-7-5-12(21)6-8-13/h1-9H,22H2,(H,23,24). The zero-order valence-corrected chi connectivity index (χ0v) is 15.7. The lowest BCUT2D eigenvalue weighted by Gasteiger charge is -2.00. The van der Waals surface area contributed by atoms with Gasteiger partial charge >= 0.3 is 0 Å². The summed E-state index contributed by atoms with van der Waals surface area (Å²) in [7, 11) is 0. The van der Waals surface area contributed by atoms with Gasteiger partial charge in [-0.25, -0.2) is 9.37 Å². The molecule has 0 fully saturated rings. The maximum absolute atomic E-state index is 13.0. The number of anilines is 3. The monoisotopic (exact) mass is 414 g/mol. The molecule has 9 heteroatoms. The molecule has 6 nitrogen and oxygen atoms in total. The molecule has 0 atom stereocenters. The molecular weight excluding hydrogens is 403 g/mol. The van der Waals surface area contributed by atoms with Crippen LogP contribution in [0.15, 0.2) is 59.1 Å². The number of carbonyl (C=O) groups is 1. The number of thiazole rings is 1. The maximum Gasteiger partial charge on any atom is 0.244 e. The van der Waals surface area contributed by atoms with E-state index < -0.39 is 5.78 Å². The number of carbonyl (C=O) groups excluding carboxylic acids is 1. The summed E-state index contributed by atoms with van der Waals surface area (Å²) in [6, 6.07) is 14.3. The number of halogens is 2. The second-order valence-electron chi connectivity index (χ2n) is 5.78. The van der Waals surface area contributed by atoms with Gasteiger partial charge in [0.15, 0.2) is 5.13 Å². The van der Waals surface area contributed by atoms with Gasteiger partial charge < -0.3 is 15.6 Å². The summed E-state index contributed by atoms with van der Waals surface area (Å²) in [6.07, 6.45) is 0. The second-order valence-corrected chi connectivity index (χ2v) is 7.21. The van der Waals surface area contributed by atoms with Crippen LogP contribution < -0.4 is 11.1 Å². The Bertz CT molecular complexity index is 1140. The van der Waals surface area contributed by atoms with E-state index in [2.05, 4.69) is 15.5 Å². The van der Waals surface area contributed by atoms with Crippen molar-refractivity contribution < 1.29 is 13.7 Å². The maximum atomic E-state index is 13.0. The van der Waals surface area contributed by atoms with Gasteiger partial charge in [-0.3, -0.25) is 4.79 Å². The van der Waals surface area contributed by atoms with Crippen LogP contribution in [-0.2, 0) is 0 Å². The van der Waals surface area contributed by atoms with E-state index in [9.17, 15) is 9.18 Å². The number of rotatable bonds is 5. The number of nitrogen functional groups attached to an aromatic ring is 1. The second kappa shape index (κ2) is 7.41. The summed E-state index contributed by atoms with van der Waals surface area (Å²) >= 11 is 6.95. The molecule has 4 rings (SSSR count). The number of nitrogens with one attached hydrogen (secondary N) is 1. The molecule has 2 aromatic carbocycles. The summed E-state index contributed by atoms with van der Waals surface area (Å²) in [6.45, 7) is 0. The molecule has 2 aromatic heterocycles. The zero-order chi connectivity index (χ0) is 19.7. The average Bonchev–Trinajstić information content (AvgIpc) is 3.31. The quantitative estimate of drug-likeness (QED) is 0.439. The Kier molecular flexibility index (Phi) is 4.81. The topological polar surface area (TPSA) is 94.0 Å². The van der Waals surface area contributed by atoms with Crippen molar-refractivity contribution in [1.82, 2.24) is 10.1 Å². The van der Waals surface area contributed by atoms with Gasteiger partial charge in [-0.15, -0.1) is 0 Å². The van der Waals surface area contributed by atoms with E-state index in [1.807, 2.05) is 0 Å². The van der Waals surface area contributed by atoms with Crippen molar-refractivity contribution in [1.29, 1.82) is 0 Å². The smallest absolute Gasteiger partial charge is 0.244 e. The lowest BCUT2D eigenvalue weighted by atomic mass is 10.1. The van der Waals surface area contributed by atoms with E-state index >= 15 is 0 Å². The molecule has 0 saturated heterocycles. The Morgan fingerprint density at radius 1 is 1.14 bits per heavy atom. The van der Waals surface area contributed by atoms with Crippen molar-refractivity contribution in [3.05, 3.63) is 76.1 Å². The van der Waals surface area contributed by atoms with Gasteiger partial charge in [0.25, 0.3) is 0 Å². The number of hydrogen-bond acceptors (Lipinski definition) is 7. The number of aromatic nitrogens is 2. The minimum atomic E-state index is -0.421. The van der Waals surface area contributed by atoms with Crippen LogP contribution in [0.5, 0.6) is 0 Å². The molecule has 0 unspecified atom stereocenters. The minimum Gasteiger partial charge on any atom is -0.382 e. The summed E-state index contributed by atoms with van der Waals surface area (Å²) < 4.78 is 18.2. The van der Waals surface area contributed by atoms with Crippen LogP contribution in [0.3, 0.4) is 0 Å². The van der Waals surface area contributed by atoms with Gasteiger partial charge in [0.05, 0.1) is 0 Å². The molecule has 0 aliphatic rings. The molecule has 0 saturated carbocycles. The van der Waals surface area contributed by atoms with Crippen molar-refractivity contribution in [2.75, 3.05) is 11.1 Å². The molecule has 0 spiro atoms. The number of ketones is 1. The molecule has 140 valence electrons. The predicted octanol–water partition coefficient (Wildman–Crippen LogP) is 5.15. The van der Waals surface area contributed by atoms with Crippen molar-refractivity contribution in [2.24, 2.45) is 0 Å². The summed E-state index contributed by atoms with van der Waals surface area (Å²) in [5, 5.41) is 7.92. The summed E-state index contributed by atoms with van der Waals surface area (Å²) in [5.41, 5.74) is 7.79. The highest BCUT2D eigenvalue weighted by atomic mass is 35.5. The van der Waals surface area contributed by atoms with Gasteiger partial charge in [0.1, 0.15) is 22.2 Å². The fourth-order valence-electron chi connectivity index (χ4n) is 2.46. The molecular formula is C19H12ClFN4O2S. The molecule has 0 aliphatic carbocycles. The average molecular weight is 415 g/mol. The molecule has 4 aromatic rings. The first-order valence-electron chi connectivity index (χ1n) is 8.06. The molecule has 0 amide bonds. The van der Waals surface area contributed by atoms with Crippen LogP contribution >= 0.6 is 22.9 Å².